The van der Waals surface area contributed by atoms with Gasteiger partial charge in [0, 0.05) is 5.02 Å². The fourth-order valence-electron chi connectivity index (χ4n) is 5.39. The van der Waals surface area contributed by atoms with Crippen molar-refractivity contribution in [1.29, 1.82) is 0 Å². The lowest BCUT2D eigenvalue weighted by atomic mass is 9.91. The molecular weight excluding hydrogens is 428 g/mol. The van der Waals surface area contributed by atoms with Crippen LogP contribution in [0.4, 0.5) is 0 Å². The van der Waals surface area contributed by atoms with Crippen molar-refractivity contribution >= 4 is 17.4 Å². The van der Waals surface area contributed by atoms with E-state index in [1.54, 1.807) is 12.1 Å². The number of hydrogen-bond acceptors (Lipinski definition) is 5. The molecule has 1 heterocycles. The fraction of sp³-hybridized carbons (Fsp3) is 0.500. The predicted octanol–water partition coefficient (Wildman–Crippen LogP) is 3.70. The van der Waals surface area contributed by atoms with Gasteiger partial charge >= 0.3 is 0 Å². The lowest BCUT2D eigenvalue weighted by molar-refractivity contribution is -0.189. The van der Waals surface area contributed by atoms with Crippen molar-refractivity contribution in [3.63, 3.8) is 0 Å². The Morgan fingerprint density at radius 1 is 1.03 bits per heavy atom. The molecule has 0 amide bonds. The molecule has 2 unspecified atom stereocenters. The van der Waals surface area contributed by atoms with Crippen LogP contribution in [0.5, 0.6) is 0 Å². The van der Waals surface area contributed by atoms with Crippen molar-refractivity contribution in [2.75, 3.05) is 6.61 Å². The summed E-state index contributed by atoms with van der Waals surface area (Å²) in [4.78, 5) is 12.5. The highest BCUT2D eigenvalue weighted by Crippen LogP contribution is 2.61. The molecule has 5 atom stereocenters. The Kier molecular flexibility index (Phi) is 5.89. The van der Waals surface area contributed by atoms with Gasteiger partial charge in [0.15, 0.2) is 5.78 Å². The highest BCUT2D eigenvalue weighted by molar-refractivity contribution is 6.31. The molecule has 32 heavy (non-hydrogen) atoms. The van der Waals surface area contributed by atoms with E-state index < -0.39 is 36.8 Å². The SMILES string of the molecule is O=C1C(c2ccc(Cl)c(Cc3ccc(C4CCC5(CC5)C4)cc3)c2)O[C@H](CO)[C@@H](O)[C@@H]1O. The van der Waals surface area contributed by atoms with Gasteiger partial charge in [0.05, 0.1) is 6.61 Å². The van der Waals surface area contributed by atoms with Crippen LogP contribution < -0.4 is 0 Å². The molecule has 6 heteroatoms. The molecule has 0 radical (unpaired) electrons. The zero-order valence-corrected chi connectivity index (χ0v) is 18.7. The van der Waals surface area contributed by atoms with Gasteiger partial charge in [-0.2, -0.15) is 0 Å². The highest BCUT2D eigenvalue weighted by atomic mass is 35.5. The van der Waals surface area contributed by atoms with Gasteiger partial charge in [-0.3, -0.25) is 4.79 Å². The molecule has 5 nitrogen and oxygen atoms in total. The maximum atomic E-state index is 12.5. The summed E-state index contributed by atoms with van der Waals surface area (Å²) in [6.45, 7) is -0.489. The maximum absolute atomic E-state index is 12.5. The van der Waals surface area contributed by atoms with Crippen LogP contribution in [0, 0.1) is 5.41 Å². The van der Waals surface area contributed by atoms with Crippen molar-refractivity contribution in [3.8, 4) is 0 Å². The van der Waals surface area contributed by atoms with E-state index in [0.717, 1.165) is 11.1 Å². The van der Waals surface area contributed by atoms with Crippen LogP contribution in [0.15, 0.2) is 42.5 Å². The van der Waals surface area contributed by atoms with E-state index in [9.17, 15) is 20.1 Å². The molecule has 1 aliphatic heterocycles. The van der Waals surface area contributed by atoms with Gasteiger partial charge in [0.2, 0.25) is 0 Å². The molecule has 170 valence electrons. The first kappa shape index (κ1) is 22.1. The lowest BCUT2D eigenvalue weighted by Gasteiger charge is -2.35. The summed E-state index contributed by atoms with van der Waals surface area (Å²) in [5.41, 5.74) is 4.62. The van der Waals surface area contributed by atoms with Gasteiger partial charge in [-0.05, 0) is 78.2 Å². The number of aliphatic hydroxyl groups is 3. The van der Waals surface area contributed by atoms with Gasteiger partial charge in [-0.1, -0.05) is 48.0 Å². The van der Waals surface area contributed by atoms with Crippen LogP contribution in [0.3, 0.4) is 0 Å². The molecule has 2 aromatic carbocycles. The molecule has 3 aliphatic rings. The number of halogens is 1. The minimum Gasteiger partial charge on any atom is -0.394 e. The number of ketones is 1. The van der Waals surface area contributed by atoms with Gasteiger partial charge in [0.25, 0.3) is 0 Å². The van der Waals surface area contributed by atoms with Crippen LogP contribution in [-0.4, -0.2) is 46.0 Å². The number of rotatable bonds is 5. The molecule has 0 bridgehead atoms. The monoisotopic (exact) mass is 456 g/mol. The predicted molar refractivity (Wildman–Crippen MR) is 121 cm³/mol. The minimum absolute atomic E-state index is 0.489. The van der Waals surface area contributed by atoms with Crippen LogP contribution in [0.1, 0.15) is 66.4 Å². The van der Waals surface area contributed by atoms with Gasteiger partial charge in [-0.15, -0.1) is 0 Å². The number of ether oxygens (including phenoxy) is 1. The second-order valence-electron chi connectivity index (χ2n) is 9.78. The molecule has 3 fully saturated rings. The zero-order valence-electron chi connectivity index (χ0n) is 17.9. The Morgan fingerprint density at radius 3 is 2.41 bits per heavy atom. The number of carbonyl (C=O) groups excluding carboxylic acids is 1. The molecule has 3 N–H and O–H groups in total. The molecule has 2 aromatic rings. The summed E-state index contributed by atoms with van der Waals surface area (Å²) in [7, 11) is 0. The van der Waals surface area contributed by atoms with E-state index in [4.69, 9.17) is 16.3 Å². The number of Topliss-reactive ketones (excluding diaryl/α,β-unsaturated/α-hetero) is 1. The highest BCUT2D eigenvalue weighted by Gasteiger charge is 2.48. The van der Waals surface area contributed by atoms with E-state index >= 15 is 0 Å². The van der Waals surface area contributed by atoms with Gasteiger partial charge in [-0.25, -0.2) is 0 Å². The van der Waals surface area contributed by atoms with Crippen molar-refractivity contribution in [2.45, 2.75) is 68.9 Å². The largest absolute Gasteiger partial charge is 0.394 e. The van der Waals surface area contributed by atoms with Gasteiger partial charge in [0.1, 0.15) is 24.4 Å². The molecule has 2 aliphatic carbocycles. The number of aliphatic hydroxyl groups excluding tert-OH is 3. The average Bonchev–Trinajstić information content (AvgIpc) is 3.43. The van der Waals surface area contributed by atoms with E-state index in [-0.39, 0.29) is 0 Å². The smallest absolute Gasteiger partial charge is 0.197 e. The summed E-state index contributed by atoms with van der Waals surface area (Å²) >= 11 is 6.45. The summed E-state index contributed by atoms with van der Waals surface area (Å²) in [6, 6.07) is 14.0. The van der Waals surface area contributed by atoms with Crippen LogP contribution in [0.2, 0.25) is 5.02 Å². The first-order valence-corrected chi connectivity index (χ1v) is 11.8. The zero-order chi connectivity index (χ0) is 22.5. The van der Waals surface area contributed by atoms with Crippen LogP contribution in [0.25, 0.3) is 0 Å². The molecule has 0 aromatic heterocycles. The van der Waals surface area contributed by atoms with E-state index in [1.165, 1.54) is 37.7 Å². The van der Waals surface area contributed by atoms with Crippen molar-refractivity contribution in [3.05, 3.63) is 69.7 Å². The Balaban J connectivity index is 1.32. The maximum Gasteiger partial charge on any atom is 0.197 e. The normalized spacial score (nSPS) is 31.2. The number of carbonyl (C=O) groups is 1. The second kappa shape index (κ2) is 8.54. The summed E-state index contributed by atoms with van der Waals surface area (Å²) < 4.78 is 5.60. The Hall–Kier alpha value is -1.76. The third-order valence-electron chi connectivity index (χ3n) is 7.62. The third kappa shape index (κ3) is 4.13. The first-order chi connectivity index (χ1) is 15.4. The molecule has 1 saturated heterocycles. The molecule has 1 spiro atoms. The fourth-order valence-corrected chi connectivity index (χ4v) is 5.57. The third-order valence-corrected chi connectivity index (χ3v) is 7.99. The summed E-state index contributed by atoms with van der Waals surface area (Å²) in [6.07, 6.45) is 2.28. The molecule has 5 rings (SSSR count). The quantitative estimate of drug-likeness (QED) is 0.638. The minimum atomic E-state index is -1.59. The second-order valence-corrected chi connectivity index (χ2v) is 10.2. The van der Waals surface area contributed by atoms with Crippen LogP contribution in [-0.2, 0) is 16.0 Å². The molecular formula is C26H29ClO5. The average molecular weight is 457 g/mol. The summed E-state index contributed by atoms with van der Waals surface area (Å²) in [5.74, 6) is 0.0546. The first-order valence-electron chi connectivity index (χ1n) is 11.4. The van der Waals surface area contributed by atoms with E-state index in [0.29, 0.717) is 28.3 Å². The standard InChI is InChI=1S/C26H29ClO5/c27-20-6-5-17(25-24(31)23(30)22(29)21(14-28)32-25)12-19(20)11-15-1-3-16(4-2-15)18-7-8-26(13-18)9-10-26/h1-6,12,18,21-23,25,28-30H,7-11,13-14H2/t18?,21-,22-,23+,25?/m1/s1. The number of benzene rings is 2. The Labute approximate surface area is 193 Å². The topological polar surface area (TPSA) is 87.0 Å². The Bertz CT molecular complexity index is 1000. The van der Waals surface area contributed by atoms with Crippen molar-refractivity contribution < 1.29 is 24.9 Å². The van der Waals surface area contributed by atoms with Crippen molar-refractivity contribution in [2.24, 2.45) is 5.41 Å². The van der Waals surface area contributed by atoms with E-state index in [1.807, 2.05) is 6.07 Å². The van der Waals surface area contributed by atoms with Gasteiger partial charge < -0.3 is 20.1 Å². The lowest BCUT2D eigenvalue weighted by Crippen LogP contribution is -2.53. The molecule has 2 saturated carbocycles. The van der Waals surface area contributed by atoms with Crippen molar-refractivity contribution in [1.82, 2.24) is 0 Å². The number of hydrogen-bond donors (Lipinski definition) is 3. The summed E-state index contributed by atoms with van der Waals surface area (Å²) in [5, 5.41) is 30.0. The Morgan fingerprint density at radius 2 is 1.75 bits per heavy atom. The van der Waals surface area contributed by atoms with Crippen LogP contribution >= 0.6 is 11.6 Å². The van der Waals surface area contributed by atoms with E-state index in [2.05, 4.69) is 24.3 Å².